The second kappa shape index (κ2) is 14.3. The van der Waals surface area contributed by atoms with Crippen molar-refractivity contribution in [1.29, 1.82) is 0 Å². The number of rotatable bonds is 8. The van der Waals surface area contributed by atoms with Gasteiger partial charge in [-0.15, -0.1) is 0 Å². The zero-order valence-corrected chi connectivity index (χ0v) is 9.50. The molecule has 0 amide bonds. The van der Waals surface area contributed by atoms with E-state index >= 15 is 0 Å². The van der Waals surface area contributed by atoms with Gasteiger partial charge in [-0.2, -0.15) is 0 Å². The van der Waals surface area contributed by atoms with Gasteiger partial charge in [-0.1, -0.05) is 0 Å². The molecular formula is C9H21NO6. The highest BCUT2D eigenvalue weighted by Gasteiger charge is 2.00. The first-order chi connectivity index (χ1) is 7.62. The zero-order chi connectivity index (χ0) is 12.8. The first-order valence-electron chi connectivity index (χ1n) is 4.88. The van der Waals surface area contributed by atoms with Crippen molar-refractivity contribution in [3.05, 3.63) is 0 Å². The van der Waals surface area contributed by atoms with Crippen LogP contribution in [0, 0.1) is 0 Å². The maximum absolute atomic E-state index is 9.47. The predicted octanol–water partition coefficient (Wildman–Crippen LogP) is -2.02. The lowest BCUT2D eigenvalue weighted by molar-refractivity contribution is -0.141. The average Bonchev–Trinajstić information content (AvgIpc) is 2.19. The van der Waals surface area contributed by atoms with Crippen molar-refractivity contribution in [2.24, 2.45) is 0 Å². The lowest BCUT2D eigenvalue weighted by atomic mass is 10.4. The predicted molar refractivity (Wildman–Crippen MR) is 57.2 cm³/mol. The van der Waals surface area contributed by atoms with E-state index in [-0.39, 0.29) is 26.4 Å². The van der Waals surface area contributed by atoms with Crippen molar-refractivity contribution < 1.29 is 30.0 Å². The maximum Gasteiger partial charge on any atom is 0.329 e. The number of aliphatic hydroxyl groups excluding tert-OH is 3. The highest BCUT2D eigenvalue weighted by atomic mass is 16.5. The number of carbonyl (C=O) groups is 1. The van der Waals surface area contributed by atoms with Gasteiger partial charge in [-0.3, -0.25) is 4.90 Å². The molecule has 0 radical (unpaired) electrons. The van der Waals surface area contributed by atoms with Gasteiger partial charge in [0.25, 0.3) is 0 Å². The average molecular weight is 239 g/mol. The molecule has 0 aromatic heterocycles. The fourth-order valence-electron chi connectivity index (χ4n) is 0.883. The molecule has 0 aromatic carbocycles. The molecule has 98 valence electrons. The topological polar surface area (TPSA) is 110 Å². The molecule has 0 atom stereocenters. The third-order valence-corrected chi connectivity index (χ3v) is 1.52. The fraction of sp³-hybridized carbons (Fsp3) is 0.889. The SMILES string of the molecule is COCC(=O)O.OCCN(CCO)CCO. The van der Waals surface area contributed by atoms with Gasteiger partial charge in [-0.05, 0) is 0 Å². The van der Waals surface area contributed by atoms with Gasteiger partial charge in [0.05, 0.1) is 19.8 Å². The molecule has 0 bridgehead atoms. The number of carboxylic acid groups (broad SMARTS) is 1. The lowest BCUT2D eigenvalue weighted by Crippen LogP contribution is -2.32. The quantitative estimate of drug-likeness (QED) is 0.387. The number of hydrogen-bond donors (Lipinski definition) is 4. The van der Waals surface area contributed by atoms with Gasteiger partial charge < -0.3 is 25.2 Å². The van der Waals surface area contributed by atoms with Crippen molar-refractivity contribution in [3.63, 3.8) is 0 Å². The lowest BCUT2D eigenvalue weighted by Gasteiger charge is -2.17. The van der Waals surface area contributed by atoms with Crippen molar-refractivity contribution in [2.45, 2.75) is 0 Å². The number of nitrogens with zero attached hydrogens (tertiary/aromatic N) is 1. The Morgan fingerprint density at radius 1 is 1.06 bits per heavy atom. The van der Waals surface area contributed by atoms with Crippen molar-refractivity contribution in [1.82, 2.24) is 4.90 Å². The Morgan fingerprint density at radius 3 is 1.56 bits per heavy atom. The minimum absolute atomic E-state index is 0.0694. The molecule has 0 unspecified atom stereocenters. The van der Waals surface area contributed by atoms with Crippen LogP contribution in [0.3, 0.4) is 0 Å². The van der Waals surface area contributed by atoms with Gasteiger partial charge in [-0.25, -0.2) is 4.79 Å². The molecule has 0 aliphatic heterocycles. The number of aliphatic hydroxyl groups is 3. The summed E-state index contributed by atoms with van der Waals surface area (Å²) >= 11 is 0. The monoisotopic (exact) mass is 239 g/mol. The van der Waals surface area contributed by atoms with Gasteiger partial charge in [0.15, 0.2) is 0 Å². The summed E-state index contributed by atoms with van der Waals surface area (Å²) in [5, 5.41) is 33.2. The Kier molecular flexibility index (Phi) is 15.7. The van der Waals surface area contributed by atoms with Crippen molar-refractivity contribution >= 4 is 5.97 Å². The summed E-state index contributed by atoms with van der Waals surface area (Å²) in [5.41, 5.74) is 0. The van der Waals surface area contributed by atoms with E-state index < -0.39 is 5.97 Å². The number of ether oxygens (including phenoxy) is 1. The minimum Gasteiger partial charge on any atom is -0.480 e. The van der Waals surface area contributed by atoms with Crippen molar-refractivity contribution in [3.8, 4) is 0 Å². The zero-order valence-electron chi connectivity index (χ0n) is 9.50. The number of hydrogen-bond acceptors (Lipinski definition) is 6. The summed E-state index contributed by atoms with van der Waals surface area (Å²) in [7, 11) is 1.34. The molecule has 16 heavy (non-hydrogen) atoms. The number of aliphatic carboxylic acids is 1. The van der Waals surface area contributed by atoms with Crippen LogP contribution in [-0.4, -0.2) is 84.5 Å². The summed E-state index contributed by atoms with van der Waals surface area (Å²) in [5.74, 6) is -0.933. The molecule has 4 N–H and O–H groups in total. The van der Waals surface area contributed by atoms with Crippen LogP contribution < -0.4 is 0 Å². The molecule has 0 saturated carbocycles. The summed E-state index contributed by atoms with van der Waals surface area (Å²) in [6.45, 7) is 1.55. The van der Waals surface area contributed by atoms with Crippen LogP contribution in [0.25, 0.3) is 0 Å². The summed E-state index contributed by atoms with van der Waals surface area (Å²) in [4.78, 5) is 11.3. The van der Waals surface area contributed by atoms with E-state index in [1.54, 1.807) is 4.90 Å². The van der Waals surface area contributed by atoms with Crippen LogP contribution in [0.15, 0.2) is 0 Å². The van der Waals surface area contributed by atoms with E-state index in [0.717, 1.165) is 0 Å². The van der Waals surface area contributed by atoms with E-state index in [0.29, 0.717) is 19.6 Å². The Morgan fingerprint density at radius 2 is 1.44 bits per heavy atom. The normalized spacial score (nSPS) is 9.81. The largest absolute Gasteiger partial charge is 0.480 e. The second-order valence-corrected chi connectivity index (χ2v) is 2.84. The highest BCUT2D eigenvalue weighted by molar-refractivity contribution is 5.67. The first-order valence-corrected chi connectivity index (χ1v) is 4.88. The molecule has 0 saturated heterocycles. The standard InChI is InChI=1S/C6H15NO3.C3H6O3/c8-4-1-7(2-5-9)3-6-10;1-6-2-3(4)5/h8-10H,1-6H2;2H2,1H3,(H,4,5). The Labute approximate surface area is 94.9 Å². The van der Waals surface area contributed by atoms with Gasteiger partial charge in [0, 0.05) is 26.7 Å². The molecular weight excluding hydrogens is 218 g/mol. The van der Waals surface area contributed by atoms with Crippen LogP contribution in [0.1, 0.15) is 0 Å². The van der Waals surface area contributed by atoms with E-state index in [2.05, 4.69) is 4.74 Å². The number of methoxy groups -OCH3 is 1. The van der Waals surface area contributed by atoms with Gasteiger partial charge in [0.2, 0.25) is 0 Å². The van der Waals surface area contributed by atoms with Crippen LogP contribution in [-0.2, 0) is 9.53 Å². The van der Waals surface area contributed by atoms with E-state index in [9.17, 15) is 4.79 Å². The molecule has 0 aliphatic rings. The molecule has 0 rings (SSSR count). The molecule has 0 spiro atoms. The number of carboxylic acids is 1. The Bertz CT molecular complexity index is 141. The van der Waals surface area contributed by atoms with Crippen LogP contribution in [0.2, 0.25) is 0 Å². The highest BCUT2D eigenvalue weighted by Crippen LogP contribution is 1.84. The second-order valence-electron chi connectivity index (χ2n) is 2.84. The summed E-state index contributed by atoms with van der Waals surface area (Å²) < 4.78 is 4.20. The van der Waals surface area contributed by atoms with E-state index in [4.69, 9.17) is 20.4 Å². The smallest absolute Gasteiger partial charge is 0.329 e. The maximum atomic E-state index is 9.47. The molecule has 0 heterocycles. The Balaban J connectivity index is 0. The van der Waals surface area contributed by atoms with Gasteiger partial charge >= 0.3 is 5.97 Å². The molecule has 0 aliphatic carbocycles. The van der Waals surface area contributed by atoms with Crippen LogP contribution >= 0.6 is 0 Å². The van der Waals surface area contributed by atoms with Crippen LogP contribution in [0.5, 0.6) is 0 Å². The molecule has 7 heteroatoms. The third kappa shape index (κ3) is 15.7. The summed E-state index contributed by atoms with van der Waals surface area (Å²) in [6.07, 6.45) is 0. The van der Waals surface area contributed by atoms with Gasteiger partial charge in [0.1, 0.15) is 6.61 Å². The minimum atomic E-state index is -0.933. The summed E-state index contributed by atoms with van der Waals surface area (Å²) in [6, 6.07) is 0. The molecule has 0 aromatic rings. The molecule has 7 nitrogen and oxygen atoms in total. The fourth-order valence-corrected chi connectivity index (χ4v) is 0.883. The first kappa shape index (κ1) is 17.7. The van der Waals surface area contributed by atoms with E-state index in [1.165, 1.54) is 7.11 Å². The van der Waals surface area contributed by atoms with Crippen LogP contribution in [0.4, 0.5) is 0 Å². The van der Waals surface area contributed by atoms with E-state index in [1.807, 2.05) is 0 Å². The molecule has 0 fully saturated rings. The Hall–Kier alpha value is -0.730. The third-order valence-electron chi connectivity index (χ3n) is 1.52. The van der Waals surface area contributed by atoms with Crippen molar-refractivity contribution in [2.75, 3.05) is 53.2 Å².